The smallest absolute Gasteiger partial charge is 0.372 e. The standard InChI is InChI=1S/C16H19F4NO2/c1-11(13-4-2-3-5-14(13)17)21(12-6-7-12)15(22)8-9-23-10-16(18,19)20/h2-5,11-12H,6-10H2,1H3. The van der Waals surface area contributed by atoms with Gasteiger partial charge in [0.15, 0.2) is 0 Å². The molecule has 1 unspecified atom stereocenters. The van der Waals surface area contributed by atoms with Crippen LogP contribution in [-0.2, 0) is 9.53 Å². The number of rotatable bonds is 7. The van der Waals surface area contributed by atoms with Gasteiger partial charge in [0.05, 0.1) is 19.1 Å². The molecule has 0 N–H and O–H groups in total. The lowest BCUT2D eigenvalue weighted by molar-refractivity contribution is -0.175. The van der Waals surface area contributed by atoms with Crippen molar-refractivity contribution >= 4 is 5.91 Å². The van der Waals surface area contributed by atoms with Crippen molar-refractivity contribution in [2.24, 2.45) is 0 Å². The Morgan fingerprint density at radius 2 is 2.00 bits per heavy atom. The first-order valence-electron chi connectivity index (χ1n) is 7.49. The largest absolute Gasteiger partial charge is 0.411 e. The highest BCUT2D eigenvalue weighted by molar-refractivity contribution is 5.77. The van der Waals surface area contributed by atoms with E-state index in [1.54, 1.807) is 30.0 Å². The molecule has 0 aromatic heterocycles. The van der Waals surface area contributed by atoms with Gasteiger partial charge in [0.2, 0.25) is 5.91 Å². The van der Waals surface area contributed by atoms with E-state index in [0.717, 1.165) is 12.8 Å². The van der Waals surface area contributed by atoms with Crippen molar-refractivity contribution in [3.8, 4) is 0 Å². The minimum absolute atomic E-state index is 0.0275. The minimum Gasteiger partial charge on any atom is -0.372 e. The van der Waals surface area contributed by atoms with E-state index >= 15 is 0 Å². The maximum absolute atomic E-state index is 13.9. The number of carbonyl (C=O) groups is 1. The second kappa shape index (κ2) is 7.29. The molecule has 1 atom stereocenters. The first-order valence-corrected chi connectivity index (χ1v) is 7.49. The third-order valence-corrected chi connectivity index (χ3v) is 3.73. The van der Waals surface area contributed by atoms with Gasteiger partial charge in [0.1, 0.15) is 12.4 Å². The number of hydrogen-bond acceptors (Lipinski definition) is 2. The molecule has 1 amide bonds. The van der Waals surface area contributed by atoms with Gasteiger partial charge in [0.25, 0.3) is 0 Å². The van der Waals surface area contributed by atoms with Crippen LogP contribution in [0.3, 0.4) is 0 Å². The molecule has 0 bridgehead atoms. The molecule has 1 aliphatic rings. The highest BCUT2D eigenvalue weighted by Gasteiger charge is 2.36. The fraction of sp³-hybridized carbons (Fsp3) is 0.562. The number of ether oxygens (including phenoxy) is 1. The van der Waals surface area contributed by atoms with Crippen molar-refractivity contribution < 1.29 is 27.1 Å². The second-order valence-electron chi connectivity index (χ2n) is 5.65. The molecule has 1 aromatic carbocycles. The Bertz CT molecular complexity index is 543. The fourth-order valence-corrected chi connectivity index (χ4v) is 2.53. The first-order chi connectivity index (χ1) is 10.8. The van der Waals surface area contributed by atoms with Crippen molar-refractivity contribution in [2.45, 2.75) is 44.4 Å². The Kier molecular flexibility index (Phi) is 5.62. The molecule has 7 heteroatoms. The van der Waals surface area contributed by atoms with Crippen LogP contribution in [0.15, 0.2) is 24.3 Å². The molecule has 0 saturated heterocycles. The molecular weight excluding hydrogens is 314 g/mol. The van der Waals surface area contributed by atoms with Gasteiger partial charge < -0.3 is 9.64 Å². The lowest BCUT2D eigenvalue weighted by Gasteiger charge is -2.30. The molecule has 1 fully saturated rings. The number of nitrogens with zero attached hydrogens (tertiary/aromatic N) is 1. The van der Waals surface area contributed by atoms with E-state index in [1.807, 2.05) is 0 Å². The van der Waals surface area contributed by atoms with Crippen molar-refractivity contribution in [2.75, 3.05) is 13.2 Å². The normalized spacial score (nSPS) is 16.2. The molecule has 0 spiro atoms. The number of benzene rings is 1. The average molecular weight is 333 g/mol. The van der Waals surface area contributed by atoms with E-state index in [9.17, 15) is 22.4 Å². The van der Waals surface area contributed by atoms with Crippen molar-refractivity contribution in [1.29, 1.82) is 0 Å². The Hall–Kier alpha value is -1.63. The van der Waals surface area contributed by atoms with Crippen molar-refractivity contribution in [3.05, 3.63) is 35.6 Å². The van der Waals surface area contributed by atoms with Gasteiger partial charge in [-0.15, -0.1) is 0 Å². The zero-order chi connectivity index (χ0) is 17.0. The van der Waals surface area contributed by atoms with Gasteiger partial charge in [-0.1, -0.05) is 18.2 Å². The quantitative estimate of drug-likeness (QED) is 0.560. The third kappa shape index (κ3) is 5.20. The Morgan fingerprint density at radius 3 is 2.57 bits per heavy atom. The summed E-state index contributed by atoms with van der Waals surface area (Å²) in [5.41, 5.74) is 0.406. The lowest BCUT2D eigenvalue weighted by atomic mass is 10.1. The second-order valence-corrected chi connectivity index (χ2v) is 5.65. The van der Waals surface area contributed by atoms with Crippen LogP contribution in [0.2, 0.25) is 0 Å². The van der Waals surface area contributed by atoms with E-state index in [4.69, 9.17) is 0 Å². The summed E-state index contributed by atoms with van der Waals surface area (Å²) >= 11 is 0. The zero-order valence-electron chi connectivity index (χ0n) is 12.8. The predicted octanol–water partition coefficient (Wildman–Crippen LogP) is 3.85. The monoisotopic (exact) mass is 333 g/mol. The molecular formula is C16H19F4NO2. The summed E-state index contributed by atoms with van der Waals surface area (Å²) in [7, 11) is 0. The number of amides is 1. The number of halogens is 4. The minimum atomic E-state index is -4.40. The Labute approximate surface area is 132 Å². The van der Waals surface area contributed by atoms with Crippen LogP contribution in [-0.4, -0.2) is 36.2 Å². The molecule has 1 aromatic rings. The SMILES string of the molecule is CC(c1ccccc1F)N(C(=O)CCOCC(F)(F)F)C1CC1. The van der Waals surface area contributed by atoms with Gasteiger partial charge in [0, 0.05) is 11.6 Å². The van der Waals surface area contributed by atoms with Crippen LogP contribution in [0.5, 0.6) is 0 Å². The summed E-state index contributed by atoms with van der Waals surface area (Å²) < 4.78 is 54.4. The third-order valence-electron chi connectivity index (χ3n) is 3.73. The summed E-state index contributed by atoms with van der Waals surface area (Å²) in [6.45, 7) is 0.0589. The lowest BCUT2D eigenvalue weighted by Crippen LogP contribution is -2.36. The summed E-state index contributed by atoms with van der Waals surface area (Å²) in [5, 5.41) is 0. The summed E-state index contributed by atoms with van der Waals surface area (Å²) in [4.78, 5) is 13.9. The molecule has 1 aliphatic carbocycles. The van der Waals surface area contributed by atoms with Gasteiger partial charge in [-0.2, -0.15) is 13.2 Å². The summed E-state index contributed by atoms with van der Waals surface area (Å²) in [6.07, 6.45) is -2.90. The molecule has 3 nitrogen and oxygen atoms in total. The number of alkyl halides is 3. The summed E-state index contributed by atoms with van der Waals surface area (Å²) in [5.74, 6) is -0.711. The van der Waals surface area contributed by atoms with Gasteiger partial charge in [-0.05, 0) is 25.8 Å². The predicted molar refractivity (Wildman–Crippen MR) is 76.2 cm³/mol. The summed E-state index contributed by atoms with van der Waals surface area (Å²) in [6, 6.07) is 5.77. The molecule has 0 heterocycles. The molecule has 0 radical (unpaired) electrons. The molecule has 2 rings (SSSR count). The Morgan fingerprint density at radius 1 is 1.35 bits per heavy atom. The van der Waals surface area contributed by atoms with Gasteiger partial charge >= 0.3 is 6.18 Å². The molecule has 1 saturated carbocycles. The highest BCUT2D eigenvalue weighted by atomic mass is 19.4. The van der Waals surface area contributed by atoms with Crippen LogP contribution in [0, 0.1) is 5.82 Å². The maximum Gasteiger partial charge on any atom is 0.411 e. The van der Waals surface area contributed by atoms with Crippen molar-refractivity contribution in [1.82, 2.24) is 4.90 Å². The topological polar surface area (TPSA) is 29.5 Å². The van der Waals surface area contributed by atoms with Crippen LogP contribution < -0.4 is 0 Å². The van der Waals surface area contributed by atoms with Gasteiger partial charge in [-0.25, -0.2) is 4.39 Å². The average Bonchev–Trinajstić information content (AvgIpc) is 3.28. The van der Waals surface area contributed by atoms with Crippen molar-refractivity contribution in [3.63, 3.8) is 0 Å². The number of hydrogen-bond donors (Lipinski definition) is 0. The molecule has 0 aliphatic heterocycles. The zero-order valence-corrected chi connectivity index (χ0v) is 12.8. The van der Waals surface area contributed by atoms with Gasteiger partial charge in [-0.3, -0.25) is 4.79 Å². The first kappa shape index (κ1) is 17.7. The van der Waals surface area contributed by atoms with E-state index in [2.05, 4.69) is 4.74 Å². The van der Waals surface area contributed by atoms with Crippen LogP contribution in [0.1, 0.15) is 37.8 Å². The van der Waals surface area contributed by atoms with E-state index in [1.165, 1.54) is 6.07 Å². The van der Waals surface area contributed by atoms with E-state index < -0.39 is 24.6 Å². The van der Waals surface area contributed by atoms with Crippen LogP contribution >= 0.6 is 0 Å². The van der Waals surface area contributed by atoms with Crippen LogP contribution in [0.25, 0.3) is 0 Å². The van der Waals surface area contributed by atoms with Crippen LogP contribution in [0.4, 0.5) is 17.6 Å². The Balaban J connectivity index is 1.96. The molecule has 23 heavy (non-hydrogen) atoms. The maximum atomic E-state index is 13.9. The molecule has 128 valence electrons. The fourth-order valence-electron chi connectivity index (χ4n) is 2.53. The number of carbonyl (C=O) groups excluding carboxylic acids is 1. The highest BCUT2D eigenvalue weighted by Crippen LogP contribution is 2.35. The van der Waals surface area contributed by atoms with E-state index in [-0.39, 0.29) is 25.0 Å². The van der Waals surface area contributed by atoms with E-state index in [0.29, 0.717) is 5.56 Å².